The highest BCUT2D eigenvalue weighted by Gasteiger charge is 2.33. The number of anilines is 1. The molecule has 1 amide bonds. The zero-order valence-electron chi connectivity index (χ0n) is 14.0. The van der Waals surface area contributed by atoms with Gasteiger partial charge in [-0.25, -0.2) is 18.7 Å². The van der Waals surface area contributed by atoms with Crippen LogP contribution in [0.4, 0.5) is 14.9 Å². The molecule has 132 valence electrons. The molecule has 0 N–H and O–H groups in total. The summed E-state index contributed by atoms with van der Waals surface area (Å²) in [5.41, 5.74) is 1.34. The van der Waals surface area contributed by atoms with Crippen LogP contribution in [0, 0.1) is 5.82 Å². The Balaban J connectivity index is 1.52. The second-order valence-electron chi connectivity index (χ2n) is 6.18. The van der Waals surface area contributed by atoms with Crippen LogP contribution in [-0.4, -0.2) is 20.4 Å². The van der Waals surface area contributed by atoms with Gasteiger partial charge in [0.25, 0.3) is 0 Å². The summed E-state index contributed by atoms with van der Waals surface area (Å²) in [6.45, 7) is 0.606. The fourth-order valence-corrected chi connectivity index (χ4v) is 3.18. The Bertz CT molecular complexity index is 993. The molecule has 2 heterocycles. The third-order valence-corrected chi connectivity index (χ3v) is 4.46. The van der Waals surface area contributed by atoms with E-state index in [1.165, 1.54) is 44.1 Å². The summed E-state index contributed by atoms with van der Waals surface area (Å²) < 4.78 is 15.8. The summed E-state index contributed by atoms with van der Waals surface area (Å²) in [4.78, 5) is 30.4. The largest absolute Gasteiger partial charge is 0.364 e. The number of benzene rings is 2. The van der Waals surface area contributed by atoms with E-state index in [0.717, 1.165) is 12.8 Å². The number of amides is 1. The molecule has 3 aromatic rings. The summed E-state index contributed by atoms with van der Waals surface area (Å²) in [7, 11) is 0. The molecule has 0 saturated heterocycles. The first kappa shape index (κ1) is 16.3. The lowest BCUT2D eigenvalue weighted by Gasteiger charge is -2.15. The van der Waals surface area contributed by atoms with Crippen molar-refractivity contribution < 1.29 is 9.18 Å². The predicted molar refractivity (Wildman–Crippen MR) is 94.6 cm³/mol. The number of hydrogen-bond donors (Lipinski definition) is 0. The monoisotopic (exact) mass is 352 g/mol. The average Bonchev–Trinajstić information content (AvgIpc) is 3.13. The van der Waals surface area contributed by atoms with Crippen molar-refractivity contribution in [2.24, 2.45) is 0 Å². The maximum atomic E-state index is 13.1. The zero-order chi connectivity index (χ0) is 18.1. The van der Waals surface area contributed by atoms with Crippen LogP contribution in [0.3, 0.4) is 0 Å². The first-order chi connectivity index (χ1) is 12.6. The molecule has 1 aliphatic heterocycles. The van der Waals surface area contributed by atoms with Crippen molar-refractivity contribution in [3.8, 4) is 0 Å². The van der Waals surface area contributed by atoms with Gasteiger partial charge in [0, 0.05) is 12.2 Å². The fraction of sp³-hybridized carbons (Fsp3) is 0.211. The lowest BCUT2D eigenvalue weighted by molar-refractivity contribution is 0.243. The van der Waals surface area contributed by atoms with Crippen molar-refractivity contribution >= 4 is 11.7 Å². The smallest absolute Gasteiger partial charge is 0.285 e. The quantitative estimate of drug-likeness (QED) is 0.709. The molecule has 1 aromatic heterocycles. The van der Waals surface area contributed by atoms with Crippen molar-refractivity contribution in [3.05, 3.63) is 82.3 Å². The molecule has 0 saturated carbocycles. The van der Waals surface area contributed by atoms with Gasteiger partial charge in [0.05, 0.1) is 6.54 Å². The highest BCUT2D eigenvalue weighted by molar-refractivity contribution is 5.95. The van der Waals surface area contributed by atoms with Crippen LogP contribution in [-0.2, 0) is 19.5 Å². The SMILES string of the molecule is O=C1N(c2ccc(F)cc2)Cc2nc(=O)n(CCCc3ccccc3)n21. The first-order valence-corrected chi connectivity index (χ1v) is 8.43. The van der Waals surface area contributed by atoms with E-state index < -0.39 is 5.69 Å². The van der Waals surface area contributed by atoms with Crippen molar-refractivity contribution in [2.75, 3.05) is 4.90 Å². The molecule has 0 bridgehead atoms. The number of aromatic nitrogens is 3. The third kappa shape index (κ3) is 2.92. The van der Waals surface area contributed by atoms with Crippen LogP contribution in [0.5, 0.6) is 0 Å². The van der Waals surface area contributed by atoms with Crippen molar-refractivity contribution in [3.63, 3.8) is 0 Å². The van der Waals surface area contributed by atoms with Gasteiger partial charge in [-0.1, -0.05) is 30.3 Å². The molecule has 0 unspecified atom stereocenters. The van der Waals surface area contributed by atoms with Crippen LogP contribution in [0.1, 0.15) is 17.8 Å². The number of rotatable bonds is 5. The second-order valence-corrected chi connectivity index (χ2v) is 6.18. The Morgan fingerprint density at radius 1 is 1.00 bits per heavy atom. The summed E-state index contributed by atoms with van der Waals surface area (Å²) in [6.07, 6.45) is 1.53. The van der Waals surface area contributed by atoms with Crippen molar-refractivity contribution in [1.82, 2.24) is 14.3 Å². The lowest BCUT2D eigenvalue weighted by Crippen LogP contribution is -2.34. The Morgan fingerprint density at radius 2 is 1.73 bits per heavy atom. The molecule has 0 spiro atoms. The molecule has 7 heteroatoms. The fourth-order valence-electron chi connectivity index (χ4n) is 3.18. The predicted octanol–water partition coefficient (Wildman–Crippen LogP) is 2.81. The molecule has 0 atom stereocenters. The minimum absolute atomic E-state index is 0.200. The molecule has 26 heavy (non-hydrogen) atoms. The summed E-state index contributed by atoms with van der Waals surface area (Å²) in [6, 6.07) is 15.3. The highest BCUT2D eigenvalue weighted by atomic mass is 19.1. The minimum Gasteiger partial charge on any atom is -0.285 e. The van der Waals surface area contributed by atoms with Crippen LogP contribution < -0.4 is 10.6 Å². The third-order valence-electron chi connectivity index (χ3n) is 4.46. The summed E-state index contributed by atoms with van der Waals surface area (Å²) >= 11 is 0. The Hall–Kier alpha value is -3.22. The van der Waals surface area contributed by atoms with Crippen molar-refractivity contribution in [2.45, 2.75) is 25.9 Å². The molecule has 4 rings (SSSR count). The minimum atomic E-state index is -0.417. The standard InChI is InChI=1S/C19H17FN4O2/c20-15-8-10-16(11-9-15)22-13-17-21-18(25)23(24(17)19(22)26)12-4-7-14-5-2-1-3-6-14/h1-3,5-6,8-11H,4,7,12-13H2. The zero-order valence-corrected chi connectivity index (χ0v) is 14.0. The van der Waals surface area contributed by atoms with E-state index in [0.29, 0.717) is 18.1 Å². The number of nitrogens with zero attached hydrogens (tertiary/aromatic N) is 4. The van der Waals surface area contributed by atoms with Gasteiger partial charge in [0.15, 0.2) is 5.82 Å². The van der Waals surface area contributed by atoms with Crippen LogP contribution >= 0.6 is 0 Å². The maximum Gasteiger partial charge on any atom is 0.364 e. The van der Waals surface area contributed by atoms with Crippen molar-refractivity contribution in [1.29, 1.82) is 0 Å². The molecular formula is C19H17FN4O2. The lowest BCUT2D eigenvalue weighted by atomic mass is 10.1. The molecule has 2 aromatic carbocycles. The highest BCUT2D eigenvalue weighted by Crippen LogP contribution is 2.23. The second kappa shape index (κ2) is 6.59. The molecule has 0 fully saturated rings. The average molecular weight is 352 g/mol. The Labute approximate surface area is 149 Å². The first-order valence-electron chi connectivity index (χ1n) is 8.43. The number of halogens is 1. The van der Waals surface area contributed by atoms with Crippen LogP contribution in [0.2, 0.25) is 0 Å². The van der Waals surface area contributed by atoms with E-state index in [1.54, 1.807) is 0 Å². The number of carbonyl (C=O) groups excluding carboxylic acids is 1. The molecule has 1 aliphatic rings. The molecule has 0 radical (unpaired) electrons. The molecule has 6 nitrogen and oxygen atoms in total. The summed E-state index contributed by atoms with van der Waals surface area (Å²) in [5, 5.41) is 0. The van der Waals surface area contributed by atoms with Gasteiger partial charge in [-0.3, -0.25) is 4.90 Å². The van der Waals surface area contributed by atoms with Gasteiger partial charge < -0.3 is 0 Å². The number of aryl methyl sites for hydroxylation is 1. The number of carbonyl (C=O) groups is 1. The van der Waals surface area contributed by atoms with E-state index in [9.17, 15) is 14.0 Å². The van der Waals surface area contributed by atoms with Gasteiger partial charge in [-0.15, -0.1) is 0 Å². The Kier molecular flexibility index (Phi) is 4.12. The number of hydrogen-bond acceptors (Lipinski definition) is 3. The van der Waals surface area contributed by atoms with Gasteiger partial charge in [-0.05, 0) is 42.7 Å². The molecular weight excluding hydrogens is 335 g/mol. The van der Waals surface area contributed by atoms with Crippen LogP contribution in [0.25, 0.3) is 0 Å². The van der Waals surface area contributed by atoms with Gasteiger partial charge in [0.1, 0.15) is 5.82 Å². The van der Waals surface area contributed by atoms with Gasteiger partial charge in [0.2, 0.25) is 0 Å². The Morgan fingerprint density at radius 3 is 2.46 bits per heavy atom. The van der Waals surface area contributed by atoms with E-state index in [2.05, 4.69) is 4.98 Å². The van der Waals surface area contributed by atoms with Crippen LogP contribution in [0.15, 0.2) is 59.4 Å². The van der Waals surface area contributed by atoms with E-state index in [-0.39, 0.29) is 18.4 Å². The van der Waals surface area contributed by atoms with E-state index >= 15 is 0 Å². The summed E-state index contributed by atoms with van der Waals surface area (Å²) in [5.74, 6) is 0.0417. The van der Waals surface area contributed by atoms with Gasteiger partial charge >= 0.3 is 11.7 Å². The number of fused-ring (bicyclic) bond motifs is 1. The topological polar surface area (TPSA) is 60.1 Å². The molecule has 0 aliphatic carbocycles. The normalized spacial score (nSPS) is 13.3. The van der Waals surface area contributed by atoms with E-state index in [1.807, 2.05) is 30.3 Å². The van der Waals surface area contributed by atoms with E-state index in [4.69, 9.17) is 0 Å². The maximum absolute atomic E-state index is 13.1. The van der Waals surface area contributed by atoms with Gasteiger partial charge in [-0.2, -0.15) is 9.67 Å².